The summed E-state index contributed by atoms with van der Waals surface area (Å²) in [6, 6.07) is 15.9. The summed E-state index contributed by atoms with van der Waals surface area (Å²) in [7, 11) is 4.03. The van der Waals surface area contributed by atoms with Gasteiger partial charge in [0.15, 0.2) is 0 Å². The van der Waals surface area contributed by atoms with Gasteiger partial charge in [-0.05, 0) is 57.3 Å². The van der Waals surface area contributed by atoms with E-state index in [9.17, 15) is 4.79 Å². The number of hydrogen-bond acceptors (Lipinski definition) is 2. The molecule has 0 aliphatic carbocycles. The van der Waals surface area contributed by atoms with Crippen LogP contribution in [0.25, 0.3) is 10.9 Å². The van der Waals surface area contributed by atoms with Gasteiger partial charge in [0, 0.05) is 28.7 Å². The number of aryl methyl sites for hydroxylation is 2. The highest BCUT2D eigenvalue weighted by atomic mass is 16.1. The van der Waals surface area contributed by atoms with Crippen LogP contribution < -0.4 is 5.32 Å². The number of carbonyl (C=O) groups is 1. The molecule has 0 fully saturated rings. The number of aromatic amines is 1. The van der Waals surface area contributed by atoms with Gasteiger partial charge >= 0.3 is 0 Å². The molecule has 4 heteroatoms. The number of aromatic nitrogens is 1. The van der Waals surface area contributed by atoms with Gasteiger partial charge in [0.05, 0.1) is 6.04 Å². The van der Waals surface area contributed by atoms with E-state index in [1.165, 1.54) is 5.56 Å². The van der Waals surface area contributed by atoms with Crippen LogP contribution in [0.2, 0.25) is 0 Å². The van der Waals surface area contributed by atoms with Crippen LogP contribution in [0.4, 0.5) is 0 Å². The highest BCUT2D eigenvalue weighted by Crippen LogP contribution is 2.23. The van der Waals surface area contributed by atoms with Crippen molar-refractivity contribution in [1.82, 2.24) is 15.2 Å². The molecule has 1 heterocycles. The highest BCUT2D eigenvalue weighted by Gasteiger charge is 2.17. The summed E-state index contributed by atoms with van der Waals surface area (Å²) in [4.78, 5) is 18.3. The zero-order valence-electron chi connectivity index (χ0n) is 15.3. The van der Waals surface area contributed by atoms with Crippen molar-refractivity contribution in [3.8, 4) is 0 Å². The maximum atomic E-state index is 12.8. The fourth-order valence-electron chi connectivity index (χ4n) is 3.13. The molecule has 0 saturated carbocycles. The van der Waals surface area contributed by atoms with Crippen LogP contribution in [0.15, 0.2) is 48.5 Å². The number of fused-ring (bicyclic) bond motifs is 1. The average Bonchev–Trinajstić information content (AvgIpc) is 2.88. The van der Waals surface area contributed by atoms with Gasteiger partial charge in [-0.2, -0.15) is 0 Å². The van der Waals surface area contributed by atoms with E-state index in [-0.39, 0.29) is 11.9 Å². The summed E-state index contributed by atoms with van der Waals surface area (Å²) in [5.74, 6) is -0.0455. The van der Waals surface area contributed by atoms with E-state index < -0.39 is 0 Å². The molecule has 3 rings (SSSR count). The molecule has 0 bridgehead atoms. The second kappa shape index (κ2) is 7.11. The first-order valence-corrected chi connectivity index (χ1v) is 8.55. The zero-order chi connectivity index (χ0) is 18.0. The Morgan fingerprint density at radius 1 is 1.12 bits per heavy atom. The van der Waals surface area contributed by atoms with Gasteiger partial charge in [-0.25, -0.2) is 0 Å². The van der Waals surface area contributed by atoms with Crippen LogP contribution in [0.5, 0.6) is 0 Å². The standard InChI is InChI=1S/C21H25N3O/c1-14-15(2)22-19-11-10-17(12-18(14)19)21(25)23-20(13-24(3)4)16-8-6-5-7-9-16/h5-12,20,22H,13H2,1-4H3,(H,23,25)/t20-/m0/s1. The average molecular weight is 335 g/mol. The lowest BCUT2D eigenvalue weighted by atomic mass is 10.0. The van der Waals surface area contributed by atoms with Gasteiger partial charge in [0.2, 0.25) is 0 Å². The first-order chi connectivity index (χ1) is 12.0. The maximum absolute atomic E-state index is 12.8. The van der Waals surface area contributed by atoms with Crippen molar-refractivity contribution in [1.29, 1.82) is 0 Å². The summed E-state index contributed by atoms with van der Waals surface area (Å²) in [5, 5.41) is 4.29. The molecule has 0 aliphatic heterocycles. The van der Waals surface area contributed by atoms with Crippen molar-refractivity contribution in [3.63, 3.8) is 0 Å². The molecule has 2 aromatic carbocycles. The lowest BCUT2D eigenvalue weighted by molar-refractivity contribution is 0.0930. The van der Waals surface area contributed by atoms with E-state index in [1.54, 1.807) is 0 Å². The van der Waals surface area contributed by atoms with Crippen LogP contribution in [0.1, 0.15) is 33.2 Å². The molecule has 25 heavy (non-hydrogen) atoms. The molecule has 4 nitrogen and oxygen atoms in total. The molecule has 1 amide bonds. The van der Waals surface area contributed by atoms with E-state index in [4.69, 9.17) is 0 Å². The number of amides is 1. The molecule has 0 saturated heterocycles. The van der Waals surface area contributed by atoms with Crippen molar-refractivity contribution >= 4 is 16.8 Å². The highest BCUT2D eigenvalue weighted by molar-refractivity contribution is 5.99. The van der Waals surface area contributed by atoms with Crippen molar-refractivity contribution in [2.75, 3.05) is 20.6 Å². The van der Waals surface area contributed by atoms with Crippen molar-refractivity contribution in [2.24, 2.45) is 0 Å². The van der Waals surface area contributed by atoms with Crippen LogP contribution >= 0.6 is 0 Å². The number of carbonyl (C=O) groups excluding carboxylic acids is 1. The van der Waals surface area contributed by atoms with Gasteiger partial charge in [-0.1, -0.05) is 30.3 Å². The molecule has 0 aliphatic rings. The summed E-state index contributed by atoms with van der Waals surface area (Å²) >= 11 is 0. The Morgan fingerprint density at radius 3 is 2.52 bits per heavy atom. The maximum Gasteiger partial charge on any atom is 0.251 e. The SMILES string of the molecule is Cc1[nH]c2ccc(C(=O)N[C@@H](CN(C)C)c3ccccc3)cc2c1C. The normalized spacial score (nSPS) is 12.5. The number of rotatable bonds is 5. The van der Waals surface area contributed by atoms with Crippen LogP contribution in [0.3, 0.4) is 0 Å². The number of hydrogen-bond donors (Lipinski definition) is 2. The number of H-pyrrole nitrogens is 1. The quantitative estimate of drug-likeness (QED) is 0.745. The minimum absolute atomic E-state index is 0.0455. The summed E-state index contributed by atoms with van der Waals surface area (Å²) in [5.41, 5.74) is 5.20. The number of benzene rings is 2. The van der Waals surface area contributed by atoms with E-state index in [0.717, 1.165) is 28.7 Å². The second-order valence-electron chi connectivity index (χ2n) is 6.83. The van der Waals surface area contributed by atoms with Gasteiger partial charge < -0.3 is 15.2 Å². The Labute approximate surface area is 148 Å². The van der Waals surface area contributed by atoms with E-state index in [2.05, 4.69) is 41.2 Å². The van der Waals surface area contributed by atoms with E-state index >= 15 is 0 Å². The number of nitrogens with one attached hydrogen (secondary N) is 2. The summed E-state index contributed by atoms with van der Waals surface area (Å²) < 4.78 is 0. The zero-order valence-corrected chi connectivity index (χ0v) is 15.3. The Bertz CT molecular complexity index is 881. The fourth-order valence-corrected chi connectivity index (χ4v) is 3.13. The van der Waals surface area contributed by atoms with Gasteiger partial charge in [-0.15, -0.1) is 0 Å². The Kier molecular flexibility index (Phi) is 4.91. The molecular formula is C21H25N3O. The van der Waals surface area contributed by atoms with Crippen LogP contribution in [-0.2, 0) is 0 Å². The molecule has 3 aromatic rings. The third-order valence-electron chi connectivity index (χ3n) is 4.63. The number of likely N-dealkylation sites (N-methyl/N-ethyl adjacent to an activating group) is 1. The fraction of sp³-hybridized carbons (Fsp3) is 0.286. The lowest BCUT2D eigenvalue weighted by Crippen LogP contribution is -2.35. The molecule has 0 radical (unpaired) electrons. The van der Waals surface area contributed by atoms with Gasteiger partial charge in [0.1, 0.15) is 0 Å². The molecule has 0 unspecified atom stereocenters. The number of nitrogens with zero attached hydrogens (tertiary/aromatic N) is 1. The molecule has 0 spiro atoms. The van der Waals surface area contributed by atoms with E-state index in [1.807, 2.05) is 50.5 Å². The van der Waals surface area contributed by atoms with Gasteiger partial charge in [-0.3, -0.25) is 4.79 Å². The Balaban J connectivity index is 1.87. The first-order valence-electron chi connectivity index (χ1n) is 8.55. The molecule has 130 valence electrons. The Morgan fingerprint density at radius 2 is 1.84 bits per heavy atom. The largest absolute Gasteiger partial charge is 0.358 e. The summed E-state index contributed by atoms with van der Waals surface area (Å²) in [6.45, 7) is 4.88. The minimum atomic E-state index is -0.0477. The first kappa shape index (κ1) is 17.2. The monoisotopic (exact) mass is 335 g/mol. The van der Waals surface area contributed by atoms with Crippen molar-refractivity contribution in [2.45, 2.75) is 19.9 Å². The third kappa shape index (κ3) is 3.74. The third-order valence-corrected chi connectivity index (χ3v) is 4.63. The predicted molar refractivity (Wildman–Crippen MR) is 103 cm³/mol. The molecule has 1 atom stereocenters. The van der Waals surface area contributed by atoms with E-state index in [0.29, 0.717) is 5.56 Å². The van der Waals surface area contributed by atoms with Gasteiger partial charge in [0.25, 0.3) is 5.91 Å². The van der Waals surface area contributed by atoms with Crippen molar-refractivity contribution < 1.29 is 4.79 Å². The molecular weight excluding hydrogens is 310 g/mol. The summed E-state index contributed by atoms with van der Waals surface area (Å²) in [6.07, 6.45) is 0. The predicted octanol–water partition coefficient (Wildman–Crippen LogP) is 3.82. The second-order valence-corrected chi connectivity index (χ2v) is 6.83. The van der Waals surface area contributed by atoms with Crippen LogP contribution in [-0.4, -0.2) is 36.4 Å². The van der Waals surface area contributed by atoms with Crippen LogP contribution in [0, 0.1) is 13.8 Å². The topological polar surface area (TPSA) is 48.1 Å². The molecule has 2 N–H and O–H groups in total. The smallest absolute Gasteiger partial charge is 0.251 e. The lowest BCUT2D eigenvalue weighted by Gasteiger charge is -2.23. The Hall–Kier alpha value is -2.59. The molecule has 1 aromatic heterocycles. The minimum Gasteiger partial charge on any atom is -0.358 e. The van der Waals surface area contributed by atoms with Crippen molar-refractivity contribution in [3.05, 3.63) is 70.9 Å².